The maximum atomic E-state index is 13.5. The van der Waals surface area contributed by atoms with E-state index >= 15 is 0 Å². The van der Waals surface area contributed by atoms with Crippen molar-refractivity contribution in [2.75, 3.05) is 18.4 Å². The Morgan fingerprint density at radius 3 is 2.64 bits per heavy atom. The number of benzene rings is 3. The standard InChI is InChI=1S/C42H41F2N7O5/c1-23-29(6-3-8-31(23)40-50-33-17-27(22-51-15-5-10-34(51)41(53)54)35(56-42(43)44)18-36(33)55-40)30-7-4-9-32(24(30)2)49-39-38-26(13-14-46-39)16-25(20-47-38)19-45-21-28-11-12-37(52)48-28/h3-4,6-9,13-14,16-18,20,28,34,42,45H,5,10-12,15,19,21-22H2,1-2H3,(H,46,49)(H,48,52)(H,53,54)/t28?,34-/m0/s1. The van der Waals surface area contributed by atoms with Gasteiger partial charge in [-0.15, -0.1) is 0 Å². The number of rotatable bonds is 13. The molecule has 4 N–H and O–H groups in total. The van der Waals surface area contributed by atoms with E-state index in [1.165, 1.54) is 6.07 Å². The fraction of sp³-hybridized carbons (Fsp3) is 0.310. The van der Waals surface area contributed by atoms with E-state index in [1.54, 1.807) is 17.2 Å². The van der Waals surface area contributed by atoms with E-state index in [0.29, 0.717) is 61.7 Å². The third-order valence-electron chi connectivity index (χ3n) is 10.7. The average molecular weight is 762 g/mol. The number of carboxylic acid groups (broad SMARTS) is 1. The number of carboxylic acids is 1. The van der Waals surface area contributed by atoms with E-state index in [2.05, 4.69) is 27.0 Å². The number of pyridine rings is 2. The lowest BCUT2D eigenvalue weighted by Crippen LogP contribution is -2.35. The molecule has 56 heavy (non-hydrogen) atoms. The van der Waals surface area contributed by atoms with Crippen molar-refractivity contribution in [1.82, 2.24) is 30.5 Å². The molecule has 0 aliphatic carbocycles. The van der Waals surface area contributed by atoms with Gasteiger partial charge in [-0.1, -0.05) is 24.3 Å². The number of alkyl halides is 2. The lowest BCUT2D eigenvalue weighted by atomic mass is 9.93. The summed E-state index contributed by atoms with van der Waals surface area (Å²) in [5.41, 5.74) is 8.36. The van der Waals surface area contributed by atoms with Gasteiger partial charge in [0.05, 0.1) is 0 Å². The second-order valence-electron chi connectivity index (χ2n) is 14.4. The van der Waals surface area contributed by atoms with Crippen LogP contribution in [0.5, 0.6) is 5.75 Å². The fourth-order valence-corrected chi connectivity index (χ4v) is 7.82. The van der Waals surface area contributed by atoms with Crippen LogP contribution < -0.4 is 20.7 Å². The second-order valence-corrected chi connectivity index (χ2v) is 14.4. The van der Waals surface area contributed by atoms with E-state index in [-0.39, 0.29) is 29.8 Å². The van der Waals surface area contributed by atoms with Crippen LogP contribution in [0.25, 0.3) is 44.6 Å². The smallest absolute Gasteiger partial charge is 0.387 e. The van der Waals surface area contributed by atoms with Crippen molar-refractivity contribution >= 4 is 45.4 Å². The zero-order valence-electron chi connectivity index (χ0n) is 30.9. The number of anilines is 2. The first-order valence-electron chi connectivity index (χ1n) is 18.7. The molecule has 2 saturated heterocycles. The van der Waals surface area contributed by atoms with Gasteiger partial charge in [0, 0.05) is 72.8 Å². The van der Waals surface area contributed by atoms with Crippen molar-refractivity contribution in [1.29, 1.82) is 0 Å². The Bertz CT molecular complexity index is 2450. The number of carbonyl (C=O) groups excluding carboxylic acids is 1. The van der Waals surface area contributed by atoms with Gasteiger partial charge < -0.3 is 30.2 Å². The van der Waals surface area contributed by atoms with Crippen molar-refractivity contribution in [3.8, 4) is 28.3 Å². The average Bonchev–Trinajstić information content (AvgIpc) is 3.92. The summed E-state index contributed by atoms with van der Waals surface area (Å²) in [6.45, 7) is 2.96. The van der Waals surface area contributed by atoms with Gasteiger partial charge in [-0.2, -0.15) is 8.78 Å². The number of nitrogens with zero attached hydrogens (tertiary/aromatic N) is 4. The molecular weight excluding hydrogens is 721 g/mol. The Labute approximate surface area is 321 Å². The molecule has 2 fully saturated rings. The molecule has 0 radical (unpaired) electrons. The molecule has 2 aliphatic rings. The zero-order valence-corrected chi connectivity index (χ0v) is 30.9. The predicted octanol–water partition coefficient (Wildman–Crippen LogP) is 7.48. The van der Waals surface area contributed by atoms with E-state index in [0.717, 1.165) is 56.4 Å². The highest BCUT2D eigenvalue weighted by molar-refractivity contribution is 5.91. The first-order valence-corrected chi connectivity index (χ1v) is 18.7. The lowest BCUT2D eigenvalue weighted by Gasteiger charge is -2.22. The largest absolute Gasteiger partial charge is 0.480 e. The molecule has 0 spiro atoms. The second kappa shape index (κ2) is 15.6. The number of likely N-dealkylation sites (tertiary alicyclic amines) is 1. The van der Waals surface area contributed by atoms with Crippen molar-refractivity contribution in [2.45, 2.75) is 71.3 Å². The topological polar surface area (TPSA) is 155 Å². The van der Waals surface area contributed by atoms with Gasteiger partial charge >= 0.3 is 12.6 Å². The zero-order chi connectivity index (χ0) is 38.9. The quantitative estimate of drug-likeness (QED) is 0.0926. The van der Waals surface area contributed by atoms with Gasteiger partial charge in [0.1, 0.15) is 22.8 Å². The monoisotopic (exact) mass is 761 g/mol. The Balaban J connectivity index is 1.05. The van der Waals surface area contributed by atoms with Crippen LogP contribution in [0.4, 0.5) is 20.3 Å². The molecule has 2 aliphatic heterocycles. The molecule has 3 aromatic heterocycles. The van der Waals surface area contributed by atoms with Gasteiger partial charge in [-0.25, -0.2) is 9.97 Å². The van der Waals surface area contributed by atoms with Crippen molar-refractivity contribution in [3.63, 3.8) is 0 Å². The number of nitrogens with one attached hydrogen (secondary N) is 3. The van der Waals surface area contributed by atoms with Crippen LogP contribution in [-0.2, 0) is 22.7 Å². The normalized spacial score (nSPS) is 17.3. The van der Waals surface area contributed by atoms with Gasteiger partial charge in [0.2, 0.25) is 11.8 Å². The minimum absolute atomic E-state index is 0.0723. The van der Waals surface area contributed by atoms with Gasteiger partial charge in [0.15, 0.2) is 11.4 Å². The highest BCUT2D eigenvalue weighted by Gasteiger charge is 2.31. The van der Waals surface area contributed by atoms with Crippen LogP contribution in [0, 0.1) is 13.8 Å². The molecule has 0 bridgehead atoms. The molecule has 1 unspecified atom stereocenters. The Morgan fingerprint density at radius 2 is 1.86 bits per heavy atom. The first-order chi connectivity index (χ1) is 27.1. The predicted molar refractivity (Wildman–Crippen MR) is 208 cm³/mol. The molecule has 14 heteroatoms. The minimum Gasteiger partial charge on any atom is -0.480 e. The number of ether oxygens (including phenoxy) is 1. The van der Waals surface area contributed by atoms with Crippen LogP contribution in [-0.4, -0.2) is 68.6 Å². The molecular formula is C42H41F2N7O5. The number of halogens is 2. The van der Waals surface area contributed by atoms with Crippen LogP contribution in [0.2, 0.25) is 0 Å². The summed E-state index contributed by atoms with van der Waals surface area (Å²) in [5.74, 6) is 0.0431. The summed E-state index contributed by atoms with van der Waals surface area (Å²) in [7, 11) is 0. The summed E-state index contributed by atoms with van der Waals surface area (Å²) >= 11 is 0. The van der Waals surface area contributed by atoms with Crippen molar-refractivity contribution in [2.24, 2.45) is 0 Å². The Hall–Kier alpha value is -5.99. The van der Waals surface area contributed by atoms with E-state index in [1.807, 2.05) is 62.5 Å². The van der Waals surface area contributed by atoms with Crippen molar-refractivity contribution < 1.29 is 32.6 Å². The van der Waals surface area contributed by atoms with Crippen LogP contribution in [0.15, 0.2) is 77.5 Å². The summed E-state index contributed by atoms with van der Waals surface area (Å²) < 4.78 is 38.1. The molecule has 3 aromatic carbocycles. The number of oxazole rings is 1. The molecule has 6 aromatic rings. The molecule has 5 heterocycles. The molecule has 8 rings (SSSR count). The third kappa shape index (κ3) is 7.62. The maximum absolute atomic E-state index is 13.5. The maximum Gasteiger partial charge on any atom is 0.387 e. The molecule has 1 amide bonds. The van der Waals surface area contributed by atoms with E-state index in [4.69, 9.17) is 19.1 Å². The minimum atomic E-state index is -3.07. The summed E-state index contributed by atoms with van der Waals surface area (Å²) in [6, 6.07) is 18.4. The number of amides is 1. The van der Waals surface area contributed by atoms with Crippen LogP contribution in [0.1, 0.15) is 47.9 Å². The van der Waals surface area contributed by atoms with E-state index in [9.17, 15) is 23.5 Å². The number of aromatic nitrogens is 3. The van der Waals surface area contributed by atoms with Gasteiger partial charge in [0.25, 0.3) is 0 Å². The first kappa shape index (κ1) is 37.0. The van der Waals surface area contributed by atoms with Gasteiger partial charge in [-0.05, 0) is 97.8 Å². The van der Waals surface area contributed by atoms with Gasteiger partial charge in [-0.3, -0.25) is 19.5 Å². The highest BCUT2D eigenvalue weighted by Crippen LogP contribution is 2.38. The number of aliphatic carboxylic acids is 1. The summed E-state index contributed by atoms with van der Waals surface area (Å²) in [4.78, 5) is 39.2. The van der Waals surface area contributed by atoms with Crippen LogP contribution in [0.3, 0.4) is 0 Å². The number of carbonyl (C=O) groups is 2. The molecule has 0 saturated carbocycles. The Kier molecular flexibility index (Phi) is 10.3. The Morgan fingerprint density at radius 1 is 1.05 bits per heavy atom. The number of fused-ring (bicyclic) bond motifs is 2. The summed E-state index contributed by atoms with van der Waals surface area (Å²) in [5, 5.41) is 20.5. The van der Waals surface area contributed by atoms with Crippen molar-refractivity contribution in [3.05, 3.63) is 95.3 Å². The lowest BCUT2D eigenvalue weighted by molar-refractivity contribution is -0.142. The molecule has 288 valence electrons. The third-order valence-corrected chi connectivity index (χ3v) is 10.7. The van der Waals surface area contributed by atoms with E-state index < -0.39 is 18.6 Å². The summed E-state index contributed by atoms with van der Waals surface area (Å²) in [6.07, 6.45) is 6.22. The van der Waals surface area contributed by atoms with Crippen LogP contribution >= 0.6 is 0 Å². The number of hydrogen-bond donors (Lipinski definition) is 4. The fourth-order valence-electron chi connectivity index (χ4n) is 7.82. The highest BCUT2D eigenvalue weighted by atomic mass is 19.3. The SMILES string of the molecule is Cc1c(Nc2nccc3cc(CNCC4CCC(=O)N4)cnc23)cccc1-c1cccc(-c2nc3cc(CN4CCC[C@H]4C(=O)O)c(OC(F)F)cc3o2)c1C. The number of hydrogen-bond acceptors (Lipinski definition) is 10. The molecule has 12 nitrogen and oxygen atoms in total. The molecule has 2 atom stereocenters.